The molecule has 5 heteroatoms. The molecule has 0 fully saturated rings. The second-order valence-electron chi connectivity index (χ2n) is 15.6. The molecule has 0 radical (unpaired) electrons. The summed E-state index contributed by atoms with van der Waals surface area (Å²) in [6.07, 6.45) is 1.91. The highest BCUT2D eigenvalue weighted by Gasteiger charge is 2.27. The quantitative estimate of drug-likeness (QED) is 0.183. The number of rotatable bonds is 6. The van der Waals surface area contributed by atoms with Crippen molar-refractivity contribution in [2.75, 3.05) is 4.90 Å². The van der Waals surface area contributed by atoms with Crippen LogP contribution in [0.2, 0.25) is 0 Å². The third kappa shape index (κ3) is 5.97. The number of ether oxygens (including phenoxy) is 1. The maximum absolute atomic E-state index is 6.65. The highest BCUT2D eigenvalue weighted by molar-refractivity contribution is 6.23. The van der Waals surface area contributed by atoms with E-state index >= 15 is 0 Å². The largest absolute Gasteiger partial charge is 0.453 e. The molecule has 0 spiro atoms. The van der Waals surface area contributed by atoms with Crippen molar-refractivity contribution in [3.8, 4) is 33.8 Å². The van der Waals surface area contributed by atoms with E-state index in [1.165, 1.54) is 32.7 Å². The Morgan fingerprint density at radius 2 is 1.10 bits per heavy atom. The Hall–Kier alpha value is -8.15. The van der Waals surface area contributed by atoms with E-state index in [1.54, 1.807) is 0 Å². The van der Waals surface area contributed by atoms with Crippen LogP contribution in [0.5, 0.6) is 11.5 Å². The summed E-state index contributed by atoms with van der Waals surface area (Å²) in [6.45, 7) is 0. The Morgan fingerprint density at radius 1 is 0.459 bits per heavy atom. The fraction of sp³-hybridized carbons (Fsp3) is 0.0179. The molecular weight excluding hydrogens is 745 g/mol. The van der Waals surface area contributed by atoms with E-state index < -0.39 is 0 Å². The monoisotopic (exact) mass is 782 g/mol. The summed E-state index contributed by atoms with van der Waals surface area (Å²) >= 11 is 0. The molecule has 0 aliphatic carbocycles. The lowest BCUT2D eigenvalue weighted by Gasteiger charge is -2.33. The summed E-state index contributed by atoms with van der Waals surface area (Å²) in [7, 11) is 0. The van der Waals surface area contributed by atoms with Gasteiger partial charge in [0.2, 0.25) is 0 Å². The van der Waals surface area contributed by atoms with Crippen molar-refractivity contribution >= 4 is 61.2 Å². The number of hydrogen-bond acceptors (Lipinski definition) is 4. The number of benzene rings is 9. The molecule has 0 amide bonds. The van der Waals surface area contributed by atoms with Crippen LogP contribution in [0, 0.1) is 0 Å². The van der Waals surface area contributed by atoms with E-state index in [9.17, 15) is 0 Å². The molecule has 0 saturated carbocycles. The van der Waals surface area contributed by atoms with E-state index in [0.29, 0.717) is 0 Å². The van der Waals surface area contributed by atoms with Crippen LogP contribution in [0.1, 0.15) is 17.3 Å². The van der Waals surface area contributed by atoms with Crippen molar-refractivity contribution in [3.63, 3.8) is 0 Å². The SMILES string of the molecule is C1=C(n2c3cc(-c4ccc5c(c4)Oc4ccccc4N5c4ccccc4)ccc3c3c4ccccc4ccc32)NC(c2ccccc2)N=C1c1ccc(-c2ccccc2)cc1. The highest BCUT2D eigenvalue weighted by Crippen LogP contribution is 2.51. The summed E-state index contributed by atoms with van der Waals surface area (Å²) in [6, 6.07) is 75.1. The Bertz CT molecular complexity index is 3350. The third-order valence-corrected chi connectivity index (χ3v) is 12.0. The van der Waals surface area contributed by atoms with Crippen molar-refractivity contribution in [2.24, 2.45) is 4.99 Å². The summed E-state index contributed by atoms with van der Waals surface area (Å²) in [5, 5.41) is 8.72. The fourth-order valence-corrected chi connectivity index (χ4v) is 9.08. The topological polar surface area (TPSA) is 41.8 Å². The number of anilines is 3. The summed E-state index contributed by atoms with van der Waals surface area (Å²) < 4.78 is 9.05. The first kappa shape index (κ1) is 34.9. The predicted molar refractivity (Wildman–Crippen MR) is 252 cm³/mol. The number of fused-ring (bicyclic) bond motifs is 7. The van der Waals surface area contributed by atoms with Crippen LogP contribution in [0.15, 0.2) is 223 Å². The molecule has 2 aliphatic heterocycles. The normalized spacial score (nSPS) is 14.5. The molecular formula is C56H38N4O. The predicted octanol–water partition coefficient (Wildman–Crippen LogP) is 14.4. The van der Waals surface area contributed by atoms with Gasteiger partial charge in [0.25, 0.3) is 0 Å². The van der Waals surface area contributed by atoms with Gasteiger partial charge in [-0.1, -0.05) is 164 Å². The standard InChI is InChI=1S/C56H38N4O/c1-4-14-37(15-5-1)38-24-26-40(27-25-38)47-36-54(58-56(57-47)41-17-6-2-7-18-41)60-50-33-29-39-16-10-11-21-45(39)55(50)46-31-28-42(34-51(46)60)43-30-32-49-53(35-43)61-52-23-13-12-22-48(52)59(49)44-19-8-3-9-20-44/h1-36,56,58H. The van der Waals surface area contributed by atoms with Gasteiger partial charge in [0.1, 0.15) is 12.0 Å². The van der Waals surface area contributed by atoms with E-state index in [2.05, 4.69) is 221 Å². The first-order valence-electron chi connectivity index (χ1n) is 20.7. The minimum atomic E-state index is -0.297. The summed E-state index contributed by atoms with van der Waals surface area (Å²) in [4.78, 5) is 7.62. The lowest BCUT2D eigenvalue weighted by Crippen LogP contribution is -2.27. The summed E-state index contributed by atoms with van der Waals surface area (Å²) in [5.41, 5.74) is 12.9. The van der Waals surface area contributed by atoms with Gasteiger partial charge in [-0.25, -0.2) is 0 Å². The number of allylic oxidation sites excluding steroid dienone is 1. The van der Waals surface area contributed by atoms with E-state index in [0.717, 1.165) is 73.4 Å². The molecule has 61 heavy (non-hydrogen) atoms. The molecule has 1 atom stereocenters. The number of aromatic nitrogens is 1. The van der Waals surface area contributed by atoms with Gasteiger partial charge >= 0.3 is 0 Å². The second-order valence-corrected chi connectivity index (χ2v) is 15.6. The molecule has 1 N–H and O–H groups in total. The maximum Gasteiger partial charge on any atom is 0.152 e. The van der Waals surface area contributed by atoms with Gasteiger partial charge < -0.3 is 15.0 Å². The highest BCUT2D eigenvalue weighted by atomic mass is 16.5. The Kier molecular flexibility index (Phi) is 8.17. The lowest BCUT2D eigenvalue weighted by molar-refractivity contribution is 0.477. The van der Waals surface area contributed by atoms with Crippen LogP contribution in [0.25, 0.3) is 60.7 Å². The maximum atomic E-state index is 6.65. The molecule has 10 aromatic rings. The Labute approximate surface area is 353 Å². The van der Waals surface area contributed by atoms with E-state index in [4.69, 9.17) is 9.73 Å². The van der Waals surface area contributed by atoms with Crippen molar-refractivity contribution in [1.29, 1.82) is 0 Å². The number of hydrogen-bond donors (Lipinski definition) is 1. The Morgan fingerprint density at radius 3 is 1.93 bits per heavy atom. The van der Waals surface area contributed by atoms with Crippen LogP contribution >= 0.6 is 0 Å². The Balaban J connectivity index is 1.03. The van der Waals surface area contributed by atoms with Crippen molar-refractivity contribution < 1.29 is 4.74 Å². The van der Waals surface area contributed by atoms with Gasteiger partial charge in [0.15, 0.2) is 11.5 Å². The molecule has 288 valence electrons. The first-order chi connectivity index (χ1) is 30.2. The molecule has 0 bridgehead atoms. The molecule has 1 aromatic heterocycles. The van der Waals surface area contributed by atoms with E-state index in [-0.39, 0.29) is 6.17 Å². The number of nitrogens with zero attached hydrogens (tertiary/aromatic N) is 3. The van der Waals surface area contributed by atoms with E-state index in [1.807, 2.05) is 12.1 Å². The smallest absolute Gasteiger partial charge is 0.152 e. The molecule has 2 aliphatic rings. The molecule has 5 nitrogen and oxygen atoms in total. The second kappa shape index (κ2) is 14.3. The molecule has 1 unspecified atom stereocenters. The molecule has 3 heterocycles. The van der Waals surface area contributed by atoms with Gasteiger partial charge in [0, 0.05) is 22.5 Å². The zero-order valence-corrected chi connectivity index (χ0v) is 33.1. The van der Waals surface area contributed by atoms with Crippen LogP contribution in [-0.4, -0.2) is 10.3 Å². The number of aliphatic imine (C=N–C) groups is 1. The first-order valence-corrected chi connectivity index (χ1v) is 20.7. The summed E-state index contributed by atoms with van der Waals surface area (Å²) in [5.74, 6) is 2.60. The third-order valence-electron chi connectivity index (χ3n) is 12.0. The van der Waals surface area contributed by atoms with Gasteiger partial charge in [-0.3, -0.25) is 9.56 Å². The number of para-hydroxylation sites is 3. The van der Waals surface area contributed by atoms with Crippen molar-refractivity contribution in [3.05, 3.63) is 230 Å². The van der Waals surface area contributed by atoms with Crippen molar-refractivity contribution in [1.82, 2.24) is 9.88 Å². The average molecular weight is 783 g/mol. The van der Waals surface area contributed by atoms with Crippen LogP contribution in [0.4, 0.5) is 17.1 Å². The lowest BCUT2D eigenvalue weighted by atomic mass is 10.00. The molecule has 0 saturated heterocycles. The van der Waals surface area contributed by atoms with Crippen LogP contribution in [-0.2, 0) is 0 Å². The van der Waals surface area contributed by atoms with Gasteiger partial charge in [-0.15, -0.1) is 0 Å². The van der Waals surface area contributed by atoms with Gasteiger partial charge in [0.05, 0.1) is 28.1 Å². The van der Waals surface area contributed by atoms with Crippen LogP contribution < -0.4 is 15.0 Å². The van der Waals surface area contributed by atoms with Gasteiger partial charge in [-0.05, 0) is 92.7 Å². The van der Waals surface area contributed by atoms with Gasteiger partial charge in [-0.2, -0.15) is 0 Å². The van der Waals surface area contributed by atoms with Crippen LogP contribution in [0.3, 0.4) is 0 Å². The zero-order valence-electron chi connectivity index (χ0n) is 33.1. The number of nitrogens with one attached hydrogen (secondary N) is 1. The zero-order chi connectivity index (χ0) is 40.3. The average Bonchev–Trinajstić information content (AvgIpc) is 3.68. The molecule has 12 rings (SSSR count). The molecule has 9 aromatic carbocycles. The van der Waals surface area contributed by atoms with Crippen molar-refractivity contribution in [2.45, 2.75) is 6.17 Å². The fourth-order valence-electron chi connectivity index (χ4n) is 9.08. The minimum Gasteiger partial charge on any atom is -0.453 e. The minimum absolute atomic E-state index is 0.297.